The van der Waals surface area contributed by atoms with Gasteiger partial charge in [0.25, 0.3) is 0 Å². The van der Waals surface area contributed by atoms with Crippen LogP contribution in [0.4, 0.5) is 5.69 Å². The Balaban J connectivity index is 2.01. The molecule has 1 fully saturated rings. The summed E-state index contributed by atoms with van der Waals surface area (Å²) in [4.78, 5) is 14.7. The average Bonchev–Trinajstić information content (AvgIpc) is 2.39. The van der Waals surface area contributed by atoms with Crippen LogP contribution in [0.1, 0.15) is 57.9 Å². The van der Waals surface area contributed by atoms with Crippen LogP contribution in [-0.2, 0) is 4.79 Å². The van der Waals surface area contributed by atoms with Crippen LogP contribution in [0.3, 0.4) is 0 Å². The molecule has 1 aromatic rings. The molecule has 2 N–H and O–H groups in total. The summed E-state index contributed by atoms with van der Waals surface area (Å²) in [6, 6.07) is 8.62. The first-order chi connectivity index (χ1) is 9.49. The highest BCUT2D eigenvalue weighted by Gasteiger charge is 2.29. The smallest absolute Gasteiger partial charge is 0.223 e. The fourth-order valence-corrected chi connectivity index (χ4v) is 3.22. The normalized spacial score (nSPS) is 24.4. The molecule has 0 bridgehead atoms. The summed E-state index contributed by atoms with van der Waals surface area (Å²) in [5.41, 5.74) is 7.66. The van der Waals surface area contributed by atoms with E-state index in [1.54, 1.807) is 0 Å². The van der Waals surface area contributed by atoms with Crippen molar-refractivity contribution in [2.75, 3.05) is 5.73 Å². The number of nitrogen functional groups attached to an aromatic ring is 1. The molecule has 0 aliphatic carbocycles. The van der Waals surface area contributed by atoms with Gasteiger partial charge >= 0.3 is 0 Å². The minimum Gasteiger partial charge on any atom is -0.399 e. The lowest BCUT2D eigenvalue weighted by Gasteiger charge is -2.39. The van der Waals surface area contributed by atoms with E-state index < -0.39 is 0 Å². The van der Waals surface area contributed by atoms with Gasteiger partial charge in [-0.3, -0.25) is 4.79 Å². The van der Waals surface area contributed by atoms with Crippen LogP contribution in [0.2, 0.25) is 0 Å². The molecule has 1 amide bonds. The van der Waals surface area contributed by atoms with Gasteiger partial charge in [0.05, 0.1) is 0 Å². The SMILES string of the molecule is CC(CC(=O)N1C(C)CCCC1C)c1ccc(N)cc1. The number of nitrogens with zero attached hydrogens (tertiary/aromatic N) is 1. The Morgan fingerprint density at radius 1 is 1.25 bits per heavy atom. The summed E-state index contributed by atoms with van der Waals surface area (Å²) in [5, 5.41) is 0. The molecule has 2 rings (SSSR count). The third-order valence-corrected chi connectivity index (χ3v) is 4.47. The van der Waals surface area contributed by atoms with Gasteiger partial charge in [0.1, 0.15) is 0 Å². The maximum absolute atomic E-state index is 12.6. The van der Waals surface area contributed by atoms with Crippen LogP contribution in [0.25, 0.3) is 0 Å². The van der Waals surface area contributed by atoms with Crippen molar-refractivity contribution in [3.63, 3.8) is 0 Å². The first-order valence-electron chi connectivity index (χ1n) is 7.65. The largest absolute Gasteiger partial charge is 0.399 e. The highest BCUT2D eigenvalue weighted by molar-refractivity contribution is 5.78. The highest BCUT2D eigenvalue weighted by Crippen LogP contribution is 2.27. The fraction of sp³-hybridized carbons (Fsp3) is 0.588. The van der Waals surface area contributed by atoms with E-state index in [9.17, 15) is 4.79 Å². The van der Waals surface area contributed by atoms with Crippen molar-refractivity contribution < 1.29 is 4.79 Å². The van der Waals surface area contributed by atoms with Gasteiger partial charge in [0.15, 0.2) is 0 Å². The van der Waals surface area contributed by atoms with Crippen molar-refractivity contribution in [3.8, 4) is 0 Å². The van der Waals surface area contributed by atoms with Gasteiger partial charge in [-0.1, -0.05) is 19.1 Å². The molecule has 1 aliphatic rings. The van der Waals surface area contributed by atoms with Crippen LogP contribution in [0.15, 0.2) is 24.3 Å². The maximum Gasteiger partial charge on any atom is 0.223 e. The minimum absolute atomic E-state index is 0.240. The Morgan fingerprint density at radius 2 is 1.80 bits per heavy atom. The number of nitrogens with two attached hydrogens (primary N) is 1. The van der Waals surface area contributed by atoms with Crippen molar-refractivity contribution in [3.05, 3.63) is 29.8 Å². The summed E-state index contributed by atoms with van der Waals surface area (Å²) >= 11 is 0. The van der Waals surface area contributed by atoms with E-state index in [1.165, 1.54) is 12.0 Å². The standard InChI is InChI=1S/C17H26N2O/c1-12(15-7-9-16(18)10-8-15)11-17(20)19-13(2)5-4-6-14(19)3/h7-10,12-14H,4-6,11,18H2,1-3H3. The lowest BCUT2D eigenvalue weighted by atomic mass is 9.93. The molecule has 110 valence electrons. The van der Waals surface area contributed by atoms with E-state index in [0.717, 1.165) is 18.5 Å². The topological polar surface area (TPSA) is 46.3 Å². The van der Waals surface area contributed by atoms with Crippen LogP contribution < -0.4 is 5.73 Å². The molecule has 1 heterocycles. The number of rotatable bonds is 3. The van der Waals surface area contributed by atoms with Crippen LogP contribution in [-0.4, -0.2) is 22.9 Å². The molecule has 3 unspecified atom stereocenters. The lowest BCUT2D eigenvalue weighted by molar-refractivity contribution is -0.137. The van der Waals surface area contributed by atoms with Gasteiger partial charge in [-0.05, 0) is 56.7 Å². The quantitative estimate of drug-likeness (QED) is 0.857. The van der Waals surface area contributed by atoms with Gasteiger partial charge in [-0.25, -0.2) is 0 Å². The molecule has 0 aromatic heterocycles. The van der Waals surface area contributed by atoms with Gasteiger partial charge in [-0.15, -0.1) is 0 Å². The minimum atomic E-state index is 0.240. The summed E-state index contributed by atoms with van der Waals surface area (Å²) < 4.78 is 0. The van der Waals surface area contributed by atoms with Crippen molar-refractivity contribution >= 4 is 11.6 Å². The average molecular weight is 274 g/mol. The van der Waals surface area contributed by atoms with Gasteiger partial charge in [-0.2, -0.15) is 0 Å². The monoisotopic (exact) mass is 274 g/mol. The van der Waals surface area contributed by atoms with E-state index >= 15 is 0 Å². The number of benzene rings is 1. The molecule has 3 heteroatoms. The summed E-state index contributed by atoms with van der Waals surface area (Å²) in [7, 11) is 0. The highest BCUT2D eigenvalue weighted by atomic mass is 16.2. The number of anilines is 1. The molecule has 1 saturated heterocycles. The molecule has 1 aliphatic heterocycles. The molecule has 3 atom stereocenters. The van der Waals surface area contributed by atoms with Crippen molar-refractivity contribution in [1.82, 2.24) is 4.90 Å². The number of piperidine rings is 1. The Hall–Kier alpha value is -1.51. The van der Waals surface area contributed by atoms with Crippen LogP contribution in [0.5, 0.6) is 0 Å². The Kier molecular flexibility index (Phi) is 4.69. The zero-order valence-electron chi connectivity index (χ0n) is 12.8. The van der Waals surface area contributed by atoms with E-state index in [2.05, 4.69) is 25.7 Å². The predicted molar refractivity (Wildman–Crippen MR) is 83.5 cm³/mol. The third kappa shape index (κ3) is 3.33. The number of likely N-dealkylation sites (tertiary alicyclic amines) is 1. The Morgan fingerprint density at radius 3 is 2.35 bits per heavy atom. The zero-order valence-corrected chi connectivity index (χ0v) is 12.8. The van der Waals surface area contributed by atoms with Gasteiger partial charge < -0.3 is 10.6 Å². The number of hydrogen-bond donors (Lipinski definition) is 1. The van der Waals surface area contributed by atoms with E-state index in [0.29, 0.717) is 18.5 Å². The number of amides is 1. The zero-order chi connectivity index (χ0) is 14.7. The Labute approximate surface area is 122 Å². The second kappa shape index (κ2) is 6.29. The third-order valence-electron chi connectivity index (χ3n) is 4.47. The van der Waals surface area contributed by atoms with Crippen LogP contribution in [0, 0.1) is 0 Å². The first-order valence-corrected chi connectivity index (χ1v) is 7.65. The second-order valence-electron chi connectivity index (χ2n) is 6.20. The van der Waals surface area contributed by atoms with E-state index in [1.807, 2.05) is 24.3 Å². The molecule has 0 saturated carbocycles. The molecule has 20 heavy (non-hydrogen) atoms. The van der Waals surface area contributed by atoms with Crippen molar-refractivity contribution in [2.45, 2.75) is 64.5 Å². The Bertz CT molecular complexity index is 445. The van der Waals surface area contributed by atoms with Crippen molar-refractivity contribution in [2.24, 2.45) is 0 Å². The van der Waals surface area contributed by atoms with E-state index in [-0.39, 0.29) is 11.8 Å². The maximum atomic E-state index is 12.6. The fourth-order valence-electron chi connectivity index (χ4n) is 3.22. The van der Waals surface area contributed by atoms with Crippen LogP contribution >= 0.6 is 0 Å². The molecular weight excluding hydrogens is 248 g/mol. The van der Waals surface area contributed by atoms with Gasteiger partial charge in [0, 0.05) is 24.2 Å². The van der Waals surface area contributed by atoms with Crippen molar-refractivity contribution in [1.29, 1.82) is 0 Å². The molecular formula is C17H26N2O. The lowest BCUT2D eigenvalue weighted by Crippen LogP contribution is -2.47. The number of carbonyl (C=O) groups excluding carboxylic acids is 1. The number of hydrogen-bond acceptors (Lipinski definition) is 2. The molecule has 0 radical (unpaired) electrons. The molecule has 1 aromatic carbocycles. The van der Waals surface area contributed by atoms with Gasteiger partial charge in [0.2, 0.25) is 5.91 Å². The summed E-state index contributed by atoms with van der Waals surface area (Å²) in [5.74, 6) is 0.526. The summed E-state index contributed by atoms with van der Waals surface area (Å²) in [6.45, 7) is 6.45. The molecule has 3 nitrogen and oxygen atoms in total. The summed E-state index contributed by atoms with van der Waals surface area (Å²) in [6.07, 6.45) is 4.08. The van der Waals surface area contributed by atoms with E-state index in [4.69, 9.17) is 5.73 Å². The second-order valence-corrected chi connectivity index (χ2v) is 6.20. The number of carbonyl (C=O) groups is 1. The molecule has 0 spiro atoms. The predicted octanol–water partition coefficient (Wildman–Crippen LogP) is 3.55. The first kappa shape index (κ1) is 14.9.